The molecule has 0 spiro atoms. The molecule has 1 aromatic heterocycles. The minimum Gasteiger partial charge on any atom is -0.497 e. The van der Waals surface area contributed by atoms with Crippen molar-refractivity contribution in [3.05, 3.63) is 93.8 Å². The zero-order valence-corrected chi connectivity index (χ0v) is 19.5. The van der Waals surface area contributed by atoms with Gasteiger partial charge >= 0.3 is 5.97 Å². The Labute approximate surface area is 200 Å². The third-order valence-corrected chi connectivity index (χ3v) is 6.09. The number of methoxy groups -OCH3 is 1. The van der Waals surface area contributed by atoms with Crippen LogP contribution in [0.5, 0.6) is 17.2 Å². The smallest absolute Gasteiger partial charge is 0.343 e. The van der Waals surface area contributed by atoms with Gasteiger partial charge in [0.15, 0.2) is 5.76 Å². The molecular weight excluding hydrogens is 454 g/mol. The minimum atomic E-state index is -0.524. The van der Waals surface area contributed by atoms with Gasteiger partial charge in [-0.1, -0.05) is 11.6 Å². The van der Waals surface area contributed by atoms with Crippen LogP contribution in [0.3, 0.4) is 0 Å². The maximum Gasteiger partial charge on any atom is 0.343 e. The van der Waals surface area contributed by atoms with Crippen molar-refractivity contribution >= 4 is 40.3 Å². The van der Waals surface area contributed by atoms with Crippen molar-refractivity contribution in [3.63, 3.8) is 0 Å². The lowest BCUT2D eigenvalue weighted by atomic mass is 10.1. The van der Waals surface area contributed by atoms with Crippen LogP contribution in [0.1, 0.15) is 31.8 Å². The summed E-state index contributed by atoms with van der Waals surface area (Å²) in [5.74, 6) is 0.883. The van der Waals surface area contributed by atoms with Gasteiger partial charge in [0.1, 0.15) is 17.2 Å². The van der Waals surface area contributed by atoms with Crippen LogP contribution in [0.25, 0.3) is 17.0 Å². The van der Waals surface area contributed by atoms with E-state index in [4.69, 9.17) is 25.8 Å². The molecule has 0 saturated carbocycles. The molecule has 4 aromatic rings. The molecule has 0 fully saturated rings. The molecule has 0 saturated heterocycles. The van der Waals surface area contributed by atoms with Gasteiger partial charge in [0.05, 0.1) is 18.2 Å². The van der Waals surface area contributed by atoms with Gasteiger partial charge in [-0.15, -0.1) is 0 Å². The van der Waals surface area contributed by atoms with E-state index >= 15 is 0 Å². The van der Waals surface area contributed by atoms with Crippen molar-refractivity contribution in [1.82, 2.24) is 4.57 Å². The number of carbonyl (C=O) groups is 2. The van der Waals surface area contributed by atoms with Gasteiger partial charge in [-0.2, -0.15) is 0 Å². The number of Topliss-reactive ketones (excluding diaryl/α,β-unsaturated/α-hetero) is 1. The van der Waals surface area contributed by atoms with Crippen LogP contribution in [0.2, 0.25) is 5.02 Å². The Morgan fingerprint density at radius 2 is 1.85 bits per heavy atom. The summed E-state index contributed by atoms with van der Waals surface area (Å²) in [6, 6.07) is 15.4. The van der Waals surface area contributed by atoms with Crippen molar-refractivity contribution < 1.29 is 23.8 Å². The number of ketones is 1. The third kappa shape index (κ3) is 3.72. The molecule has 0 radical (unpaired) electrons. The summed E-state index contributed by atoms with van der Waals surface area (Å²) in [6.07, 6.45) is 3.66. The van der Waals surface area contributed by atoms with E-state index in [1.807, 2.05) is 36.0 Å². The summed E-state index contributed by atoms with van der Waals surface area (Å²) in [5.41, 5.74) is 3.19. The van der Waals surface area contributed by atoms with Crippen molar-refractivity contribution in [3.8, 4) is 17.2 Å². The second-order valence-electron chi connectivity index (χ2n) is 7.98. The van der Waals surface area contributed by atoms with Crippen LogP contribution in [-0.4, -0.2) is 23.4 Å². The molecule has 2 heterocycles. The lowest BCUT2D eigenvalue weighted by Crippen LogP contribution is -2.09. The second kappa shape index (κ2) is 8.39. The number of ether oxygens (including phenoxy) is 3. The van der Waals surface area contributed by atoms with E-state index in [9.17, 15) is 9.59 Å². The van der Waals surface area contributed by atoms with E-state index in [0.717, 1.165) is 22.2 Å². The fraction of sp³-hybridized carbons (Fsp3) is 0.111. The van der Waals surface area contributed by atoms with Gasteiger partial charge in [-0.3, -0.25) is 4.79 Å². The van der Waals surface area contributed by atoms with Gasteiger partial charge in [-0.25, -0.2) is 4.79 Å². The number of hydrogen-bond donors (Lipinski definition) is 0. The van der Waals surface area contributed by atoms with Gasteiger partial charge in [0.25, 0.3) is 0 Å². The zero-order valence-electron chi connectivity index (χ0n) is 18.7. The van der Waals surface area contributed by atoms with Crippen LogP contribution in [-0.2, 0) is 7.05 Å². The lowest BCUT2D eigenvalue weighted by Gasteiger charge is -2.10. The normalized spacial score (nSPS) is 13.8. The summed E-state index contributed by atoms with van der Waals surface area (Å²) < 4.78 is 18.9. The van der Waals surface area contributed by atoms with Crippen molar-refractivity contribution in [2.75, 3.05) is 7.11 Å². The summed E-state index contributed by atoms with van der Waals surface area (Å²) in [4.78, 5) is 25.6. The van der Waals surface area contributed by atoms with Crippen LogP contribution in [0.15, 0.2) is 66.6 Å². The number of rotatable bonds is 4. The Kier molecular flexibility index (Phi) is 5.38. The number of hydrogen-bond acceptors (Lipinski definition) is 5. The highest BCUT2D eigenvalue weighted by Crippen LogP contribution is 2.40. The SMILES string of the molecule is COc1ccc2c(c1)c(C=C1Oc3c(ccc(OC(=O)c4ccc(Cl)cc4)c3C)C1=O)cn2C. The van der Waals surface area contributed by atoms with E-state index in [1.165, 1.54) is 0 Å². The van der Waals surface area contributed by atoms with Gasteiger partial charge < -0.3 is 18.8 Å². The molecule has 0 amide bonds. The highest BCUT2D eigenvalue weighted by Gasteiger charge is 2.31. The van der Waals surface area contributed by atoms with E-state index in [-0.39, 0.29) is 11.5 Å². The van der Waals surface area contributed by atoms with E-state index in [1.54, 1.807) is 56.5 Å². The number of esters is 1. The highest BCUT2D eigenvalue weighted by atomic mass is 35.5. The fourth-order valence-corrected chi connectivity index (χ4v) is 4.13. The van der Waals surface area contributed by atoms with Gasteiger partial charge in [-0.05, 0) is 67.6 Å². The molecule has 0 bridgehead atoms. The number of aryl methyl sites for hydroxylation is 1. The first kappa shape index (κ1) is 21.8. The summed E-state index contributed by atoms with van der Waals surface area (Å²) >= 11 is 5.89. The first-order valence-corrected chi connectivity index (χ1v) is 10.9. The topological polar surface area (TPSA) is 66.8 Å². The second-order valence-corrected chi connectivity index (χ2v) is 8.42. The molecule has 170 valence electrons. The van der Waals surface area contributed by atoms with Crippen molar-refractivity contribution in [1.29, 1.82) is 0 Å². The summed E-state index contributed by atoms with van der Waals surface area (Å²) in [6.45, 7) is 1.75. The number of allylic oxidation sites excluding steroid dienone is 1. The van der Waals surface area contributed by atoms with E-state index < -0.39 is 5.97 Å². The van der Waals surface area contributed by atoms with Crippen LogP contribution in [0, 0.1) is 6.92 Å². The summed E-state index contributed by atoms with van der Waals surface area (Å²) in [7, 11) is 3.55. The number of halogens is 1. The average molecular weight is 474 g/mol. The molecule has 5 rings (SSSR count). The van der Waals surface area contributed by atoms with Crippen molar-refractivity contribution in [2.45, 2.75) is 6.92 Å². The Bertz CT molecular complexity index is 1500. The fourth-order valence-electron chi connectivity index (χ4n) is 4.01. The quantitative estimate of drug-likeness (QED) is 0.207. The average Bonchev–Trinajstić information content (AvgIpc) is 3.32. The molecule has 1 aliphatic rings. The number of aromatic nitrogens is 1. The van der Waals surface area contributed by atoms with Gasteiger partial charge in [0, 0.05) is 40.3 Å². The van der Waals surface area contributed by atoms with E-state index in [0.29, 0.717) is 33.2 Å². The molecule has 0 aliphatic carbocycles. The highest BCUT2D eigenvalue weighted by molar-refractivity contribution is 6.30. The molecule has 0 unspecified atom stereocenters. The number of nitrogens with zero attached hydrogens (tertiary/aromatic N) is 1. The molecule has 6 nitrogen and oxygen atoms in total. The van der Waals surface area contributed by atoms with Gasteiger partial charge in [0.2, 0.25) is 5.78 Å². The molecule has 0 N–H and O–H groups in total. The number of fused-ring (bicyclic) bond motifs is 2. The number of carbonyl (C=O) groups excluding carboxylic acids is 2. The molecule has 0 atom stereocenters. The largest absolute Gasteiger partial charge is 0.497 e. The van der Waals surface area contributed by atoms with Crippen molar-refractivity contribution in [2.24, 2.45) is 7.05 Å². The lowest BCUT2D eigenvalue weighted by molar-refractivity contribution is 0.0733. The van der Waals surface area contributed by atoms with E-state index in [2.05, 4.69) is 0 Å². The van der Waals surface area contributed by atoms with Crippen LogP contribution < -0.4 is 14.2 Å². The Morgan fingerprint density at radius 3 is 2.59 bits per heavy atom. The standard InChI is InChI=1S/C27H20ClNO5/c1-15-23(34-27(31)16-4-6-18(28)7-5-16)11-9-20-25(30)24(33-26(15)20)12-17-14-29(2)22-10-8-19(32-3)13-21(17)22/h4-14H,1-3H3. The Hall–Kier alpha value is -4.03. The zero-order chi connectivity index (χ0) is 24.0. The maximum absolute atomic E-state index is 13.1. The van der Waals surface area contributed by atoms with Crippen LogP contribution in [0.4, 0.5) is 0 Å². The molecule has 34 heavy (non-hydrogen) atoms. The molecule has 7 heteroatoms. The Morgan fingerprint density at radius 1 is 1.09 bits per heavy atom. The maximum atomic E-state index is 13.1. The Balaban J connectivity index is 1.46. The predicted molar refractivity (Wildman–Crippen MR) is 130 cm³/mol. The monoisotopic (exact) mass is 473 g/mol. The first-order valence-electron chi connectivity index (χ1n) is 10.5. The molecule has 3 aromatic carbocycles. The molecule has 1 aliphatic heterocycles. The predicted octanol–water partition coefficient (Wildman–Crippen LogP) is 5.98. The molecular formula is C27H20ClNO5. The summed E-state index contributed by atoms with van der Waals surface area (Å²) in [5, 5.41) is 1.47. The first-order chi connectivity index (χ1) is 16.4. The minimum absolute atomic E-state index is 0.203. The van der Waals surface area contributed by atoms with Crippen LogP contribution >= 0.6 is 11.6 Å². The number of benzene rings is 3. The third-order valence-electron chi connectivity index (χ3n) is 5.83.